The van der Waals surface area contributed by atoms with Gasteiger partial charge in [0.05, 0.1) is 24.1 Å². The van der Waals surface area contributed by atoms with Gasteiger partial charge < -0.3 is 10.6 Å². The highest BCUT2D eigenvalue weighted by atomic mass is 16.2. The first-order valence-corrected chi connectivity index (χ1v) is 7.34. The highest BCUT2D eigenvalue weighted by molar-refractivity contribution is 5.80. The van der Waals surface area contributed by atoms with Crippen molar-refractivity contribution in [2.24, 2.45) is 5.73 Å². The summed E-state index contributed by atoms with van der Waals surface area (Å²) in [4.78, 5) is 13.5. The van der Waals surface area contributed by atoms with E-state index in [-0.39, 0.29) is 0 Å². The van der Waals surface area contributed by atoms with Crippen LogP contribution in [0.2, 0.25) is 0 Å². The number of rotatable bonds is 4. The molecule has 0 bridgehead atoms. The van der Waals surface area contributed by atoms with Gasteiger partial charge in [-0.05, 0) is 12.1 Å². The lowest BCUT2D eigenvalue weighted by Gasteiger charge is -2.20. The van der Waals surface area contributed by atoms with Crippen molar-refractivity contribution in [2.75, 3.05) is 0 Å². The van der Waals surface area contributed by atoms with Gasteiger partial charge in [0.25, 0.3) is 0 Å². The average Bonchev–Trinajstić information content (AvgIpc) is 3.23. The molecule has 0 aliphatic carbocycles. The van der Waals surface area contributed by atoms with Gasteiger partial charge in [-0.1, -0.05) is 34.7 Å². The monoisotopic (exact) mass is 322 g/mol. The Kier molecular flexibility index (Phi) is 3.30. The molecule has 9 nitrogen and oxygen atoms in total. The first-order chi connectivity index (χ1) is 11.7. The maximum Gasteiger partial charge on any atom is 0.315 e. The number of carbonyl (C=O) groups excluding carboxylic acids is 1. The predicted molar refractivity (Wildman–Crippen MR) is 86.6 cm³/mol. The number of hydrogen-bond acceptors (Lipinski definition) is 5. The minimum atomic E-state index is -0.518. The van der Waals surface area contributed by atoms with Gasteiger partial charge in [-0.3, -0.25) is 10.2 Å². The Bertz CT molecular complexity index is 944. The molecule has 2 amide bonds. The zero-order valence-corrected chi connectivity index (χ0v) is 12.6. The number of nitrogens with zero attached hydrogens (tertiary/aromatic N) is 5. The summed E-state index contributed by atoms with van der Waals surface area (Å²) in [5, 5.41) is 21.4. The van der Waals surface area contributed by atoms with E-state index in [4.69, 9.17) is 5.73 Å². The highest BCUT2D eigenvalue weighted by Gasteiger charge is 2.16. The second-order valence-electron chi connectivity index (χ2n) is 5.44. The molecular weight excluding hydrogens is 308 g/mol. The topological polar surface area (TPSA) is 129 Å². The predicted octanol–water partition coefficient (Wildman–Crippen LogP) is 1.31. The number of amides is 2. The van der Waals surface area contributed by atoms with Crippen LogP contribution in [0.15, 0.2) is 36.4 Å². The number of aromatic amines is 2. The number of nitrogens with two attached hydrogens (primary N) is 1. The molecular formula is C15H14N8O. The summed E-state index contributed by atoms with van der Waals surface area (Å²) in [5.41, 5.74) is 10.4. The summed E-state index contributed by atoms with van der Waals surface area (Å²) in [7, 11) is 0. The number of urea groups is 1. The SMILES string of the molecule is NC(=O)N(Cc1cccc2[nH]nnc12)Cc1cccc2[nH]nnc12. The van der Waals surface area contributed by atoms with Crippen molar-refractivity contribution in [1.29, 1.82) is 0 Å². The quantitative estimate of drug-likeness (QED) is 0.521. The number of carbonyl (C=O) groups is 1. The van der Waals surface area contributed by atoms with Gasteiger partial charge >= 0.3 is 6.03 Å². The van der Waals surface area contributed by atoms with E-state index in [2.05, 4.69) is 30.8 Å². The Hall–Kier alpha value is -3.49. The number of fused-ring (bicyclic) bond motifs is 2. The molecule has 0 saturated carbocycles. The first-order valence-electron chi connectivity index (χ1n) is 7.34. The summed E-state index contributed by atoms with van der Waals surface area (Å²) in [5.74, 6) is 0. The van der Waals surface area contributed by atoms with Crippen molar-refractivity contribution in [2.45, 2.75) is 13.1 Å². The van der Waals surface area contributed by atoms with E-state index in [0.717, 1.165) is 33.2 Å². The average molecular weight is 322 g/mol. The minimum Gasteiger partial charge on any atom is -0.351 e. The molecule has 9 heteroatoms. The van der Waals surface area contributed by atoms with Crippen LogP contribution in [0, 0.1) is 0 Å². The van der Waals surface area contributed by atoms with Crippen molar-refractivity contribution in [1.82, 2.24) is 35.7 Å². The molecule has 0 aliphatic rings. The molecule has 24 heavy (non-hydrogen) atoms. The molecule has 2 heterocycles. The van der Waals surface area contributed by atoms with Gasteiger partial charge in [0.1, 0.15) is 11.0 Å². The first kappa shape index (κ1) is 14.1. The molecule has 0 unspecified atom stereocenters. The molecule has 2 aromatic heterocycles. The molecule has 0 saturated heterocycles. The maximum atomic E-state index is 11.9. The van der Waals surface area contributed by atoms with E-state index < -0.39 is 6.03 Å². The lowest BCUT2D eigenvalue weighted by atomic mass is 10.1. The van der Waals surface area contributed by atoms with Crippen molar-refractivity contribution in [3.63, 3.8) is 0 Å². The van der Waals surface area contributed by atoms with Crippen LogP contribution in [0.1, 0.15) is 11.1 Å². The molecule has 0 spiro atoms. The van der Waals surface area contributed by atoms with E-state index in [1.165, 1.54) is 4.90 Å². The summed E-state index contributed by atoms with van der Waals surface area (Å²) >= 11 is 0. The van der Waals surface area contributed by atoms with E-state index >= 15 is 0 Å². The third-order valence-electron chi connectivity index (χ3n) is 3.91. The number of primary amides is 1. The minimum absolute atomic E-state index is 0.327. The van der Waals surface area contributed by atoms with E-state index in [1.54, 1.807) is 0 Å². The Morgan fingerprint density at radius 2 is 1.42 bits per heavy atom. The Balaban J connectivity index is 1.67. The summed E-state index contributed by atoms with van der Waals surface area (Å²) in [6.07, 6.45) is 0. The van der Waals surface area contributed by atoms with Crippen LogP contribution in [-0.4, -0.2) is 41.8 Å². The van der Waals surface area contributed by atoms with E-state index in [0.29, 0.717) is 13.1 Å². The molecule has 0 aliphatic heterocycles. The summed E-state index contributed by atoms with van der Waals surface area (Å²) in [6.45, 7) is 0.654. The van der Waals surface area contributed by atoms with Crippen LogP contribution in [0.25, 0.3) is 22.1 Å². The standard InChI is InChI=1S/C15H14N8O/c16-15(24)23(7-9-3-1-5-11-13(9)19-21-17-11)8-10-4-2-6-12-14(10)20-22-18-12/h1-6H,7-8H2,(H2,16,24)(H,17,19,21)(H,18,20,22). The van der Waals surface area contributed by atoms with Crippen molar-refractivity contribution in [3.8, 4) is 0 Å². The second-order valence-corrected chi connectivity index (χ2v) is 5.44. The van der Waals surface area contributed by atoms with Crippen LogP contribution < -0.4 is 5.73 Å². The lowest BCUT2D eigenvalue weighted by molar-refractivity contribution is 0.202. The van der Waals surface area contributed by atoms with Crippen LogP contribution in [0.3, 0.4) is 0 Å². The molecule has 4 rings (SSSR count). The number of nitrogens with one attached hydrogen (secondary N) is 2. The fourth-order valence-electron chi connectivity index (χ4n) is 2.74. The Labute approximate surface area is 135 Å². The van der Waals surface area contributed by atoms with Gasteiger partial charge in [-0.2, -0.15) is 0 Å². The zero-order valence-electron chi connectivity index (χ0n) is 12.6. The third-order valence-corrected chi connectivity index (χ3v) is 3.91. The molecule has 0 atom stereocenters. The fourth-order valence-corrected chi connectivity index (χ4v) is 2.74. The number of aromatic nitrogens is 6. The number of H-pyrrole nitrogens is 2. The van der Waals surface area contributed by atoms with Gasteiger partial charge in [-0.15, -0.1) is 10.2 Å². The van der Waals surface area contributed by atoms with Crippen molar-refractivity contribution >= 4 is 28.1 Å². The van der Waals surface area contributed by atoms with Crippen LogP contribution in [-0.2, 0) is 13.1 Å². The number of hydrogen-bond donors (Lipinski definition) is 3. The van der Waals surface area contributed by atoms with Gasteiger partial charge in [0, 0.05) is 11.1 Å². The molecule has 2 aromatic carbocycles. The lowest BCUT2D eigenvalue weighted by Crippen LogP contribution is -2.34. The second kappa shape index (κ2) is 5.61. The highest BCUT2D eigenvalue weighted by Crippen LogP contribution is 2.19. The molecule has 0 radical (unpaired) electrons. The summed E-state index contributed by atoms with van der Waals surface area (Å²) < 4.78 is 0. The van der Waals surface area contributed by atoms with Crippen molar-refractivity contribution < 1.29 is 4.79 Å². The fraction of sp³-hybridized carbons (Fsp3) is 0.133. The van der Waals surface area contributed by atoms with Gasteiger partial charge in [0.2, 0.25) is 0 Å². The summed E-state index contributed by atoms with van der Waals surface area (Å²) in [6, 6.07) is 10.8. The molecule has 4 aromatic rings. The molecule has 4 N–H and O–H groups in total. The van der Waals surface area contributed by atoms with Crippen LogP contribution >= 0.6 is 0 Å². The third kappa shape index (κ3) is 2.41. The maximum absolute atomic E-state index is 11.9. The van der Waals surface area contributed by atoms with E-state index in [9.17, 15) is 4.79 Å². The largest absolute Gasteiger partial charge is 0.351 e. The van der Waals surface area contributed by atoms with Crippen LogP contribution in [0.5, 0.6) is 0 Å². The number of benzene rings is 2. The molecule has 120 valence electrons. The Morgan fingerprint density at radius 1 is 0.917 bits per heavy atom. The smallest absolute Gasteiger partial charge is 0.315 e. The van der Waals surface area contributed by atoms with E-state index in [1.807, 2.05) is 36.4 Å². The molecule has 0 fully saturated rings. The van der Waals surface area contributed by atoms with Crippen molar-refractivity contribution in [3.05, 3.63) is 47.5 Å². The zero-order chi connectivity index (χ0) is 16.5. The normalized spacial score (nSPS) is 11.2. The van der Waals surface area contributed by atoms with Gasteiger partial charge in [-0.25, -0.2) is 4.79 Å². The van der Waals surface area contributed by atoms with Gasteiger partial charge in [0.15, 0.2) is 0 Å². The Morgan fingerprint density at radius 3 is 1.88 bits per heavy atom. The van der Waals surface area contributed by atoms with Crippen LogP contribution in [0.4, 0.5) is 4.79 Å².